The zero-order chi connectivity index (χ0) is 20.4. The molecule has 5 nitrogen and oxygen atoms in total. The van der Waals surface area contributed by atoms with Gasteiger partial charge in [-0.25, -0.2) is 0 Å². The lowest BCUT2D eigenvalue weighted by Gasteiger charge is -2.37. The molecule has 0 radical (unpaired) electrons. The fourth-order valence-corrected chi connectivity index (χ4v) is 3.85. The molecule has 1 saturated heterocycles. The minimum Gasteiger partial charge on any atom is -0.489 e. The van der Waals surface area contributed by atoms with Gasteiger partial charge in [0.2, 0.25) is 0 Å². The molecule has 2 aromatic carbocycles. The molecule has 0 spiro atoms. The van der Waals surface area contributed by atoms with E-state index in [1.165, 1.54) is 11.3 Å². The molecule has 1 fully saturated rings. The maximum absolute atomic E-state index is 10.8. The monoisotopic (exact) mass is 396 g/mol. The van der Waals surface area contributed by atoms with Crippen LogP contribution in [-0.4, -0.2) is 55.9 Å². The second-order valence-corrected chi connectivity index (χ2v) is 9.09. The average Bonchev–Trinajstić information content (AvgIpc) is 2.87. The Morgan fingerprint density at radius 3 is 2.28 bits per heavy atom. The molecule has 2 heterocycles. The standard InChI is InChI=1S/C24H32N2O3/c1-18-4-7-20(8-5-18)26-12-10-25(11-13-26)15-21(27)19-6-9-22-23(14-19)29-17-24(2,3)16-28-22/h4-9,14,21,27H,10-13,15-17H2,1-3H3. The van der Waals surface area contributed by atoms with Crippen molar-refractivity contribution in [3.63, 3.8) is 0 Å². The van der Waals surface area contributed by atoms with Crippen LogP contribution in [0, 0.1) is 12.3 Å². The lowest BCUT2D eigenvalue weighted by Crippen LogP contribution is -2.47. The number of anilines is 1. The molecule has 5 heteroatoms. The van der Waals surface area contributed by atoms with Gasteiger partial charge < -0.3 is 19.5 Å². The second-order valence-electron chi connectivity index (χ2n) is 9.09. The highest BCUT2D eigenvalue weighted by Gasteiger charge is 2.26. The van der Waals surface area contributed by atoms with E-state index in [1.807, 2.05) is 18.2 Å². The lowest BCUT2D eigenvalue weighted by atomic mass is 9.97. The van der Waals surface area contributed by atoms with Gasteiger partial charge in [-0.15, -0.1) is 0 Å². The molecule has 29 heavy (non-hydrogen) atoms. The van der Waals surface area contributed by atoms with Crippen molar-refractivity contribution < 1.29 is 14.6 Å². The normalized spacial score (nSPS) is 20.2. The van der Waals surface area contributed by atoms with Gasteiger partial charge >= 0.3 is 0 Å². The van der Waals surface area contributed by atoms with Gasteiger partial charge in [0.1, 0.15) is 0 Å². The minimum absolute atomic E-state index is 0.0189. The molecule has 1 unspecified atom stereocenters. The Bertz CT molecular complexity index is 827. The number of piperazine rings is 1. The van der Waals surface area contributed by atoms with Gasteiger partial charge in [-0.1, -0.05) is 37.6 Å². The van der Waals surface area contributed by atoms with Crippen molar-refractivity contribution in [2.24, 2.45) is 5.41 Å². The number of nitrogens with zero attached hydrogens (tertiary/aromatic N) is 2. The maximum atomic E-state index is 10.8. The Labute approximate surface area is 173 Å². The van der Waals surface area contributed by atoms with E-state index in [9.17, 15) is 5.11 Å². The molecule has 4 rings (SSSR count). The van der Waals surface area contributed by atoms with Crippen molar-refractivity contribution in [1.82, 2.24) is 4.90 Å². The van der Waals surface area contributed by atoms with E-state index < -0.39 is 6.10 Å². The molecule has 0 saturated carbocycles. The first-order valence-electron chi connectivity index (χ1n) is 10.5. The highest BCUT2D eigenvalue weighted by molar-refractivity contribution is 5.48. The smallest absolute Gasteiger partial charge is 0.161 e. The largest absolute Gasteiger partial charge is 0.489 e. The summed E-state index contributed by atoms with van der Waals surface area (Å²) >= 11 is 0. The summed E-state index contributed by atoms with van der Waals surface area (Å²) in [6.07, 6.45) is -0.536. The molecule has 156 valence electrons. The minimum atomic E-state index is -0.536. The maximum Gasteiger partial charge on any atom is 0.161 e. The van der Waals surface area contributed by atoms with Crippen LogP contribution in [0.1, 0.15) is 31.1 Å². The van der Waals surface area contributed by atoms with Crippen molar-refractivity contribution in [2.45, 2.75) is 26.9 Å². The van der Waals surface area contributed by atoms with Crippen molar-refractivity contribution in [3.05, 3.63) is 53.6 Å². The van der Waals surface area contributed by atoms with Crippen molar-refractivity contribution in [3.8, 4) is 11.5 Å². The Hall–Kier alpha value is -2.24. The summed E-state index contributed by atoms with van der Waals surface area (Å²) in [6.45, 7) is 12.1. The molecule has 0 aliphatic carbocycles. The van der Waals surface area contributed by atoms with Crippen molar-refractivity contribution >= 4 is 5.69 Å². The second kappa shape index (κ2) is 8.25. The third-order valence-corrected chi connectivity index (χ3v) is 5.79. The number of β-amino-alcohol motifs (C(OH)–C–C–N with tert-alkyl or cyclic N) is 1. The van der Waals surface area contributed by atoms with E-state index >= 15 is 0 Å². The van der Waals surface area contributed by atoms with Crippen molar-refractivity contribution in [1.29, 1.82) is 0 Å². The molecule has 1 atom stereocenters. The van der Waals surface area contributed by atoms with Gasteiger partial charge in [-0.3, -0.25) is 4.90 Å². The van der Waals surface area contributed by atoms with Gasteiger partial charge in [0.05, 0.1) is 19.3 Å². The molecule has 2 aliphatic rings. The summed E-state index contributed by atoms with van der Waals surface area (Å²) < 4.78 is 11.8. The highest BCUT2D eigenvalue weighted by Crippen LogP contribution is 2.35. The average molecular weight is 397 g/mol. The first-order chi connectivity index (χ1) is 13.9. The Kier molecular flexibility index (Phi) is 5.70. The SMILES string of the molecule is Cc1ccc(N2CCN(CC(O)c3ccc4c(c3)OCC(C)(C)CO4)CC2)cc1. The number of fused-ring (bicyclic) bond motifs is 1. The Balaban J connectivity index is 1.34. The molecular formula is C24H32N2O3. The van der Waals surface area contributed by atoms with E-state index in [4.69, 9.17) is 9.47 Å². The summed E-state index contributed by atoms with van der Waals surface area (Å²) in [5.41, 5.74) is 3.43. The van der Waals surface area contributed by atoms with E-state index in [-0.39, 0.29) is 5.41 Å². The van der Waals surface area contributed by atoms with Crippen LogP contribution < -0.4 is 14.4 Å². The molecule has 2 aromatic rings. The quantitative estimate of drug-likeness (QED) is 0.855. The summed E-state index contributed by atoms with van der Waals surface area (Å²) in [5, 5.41) is 10.8. The zero-order valence-electron chi connectivity index (χ0n) is 17.7. The predicted molar refractivity (Wildman–Crippen MR) is 116 cm³/mol. The van der Waals surface area contributed by atoms with Crippen LogP contribution in [-0.2, 0) is 0 Å². The summed E-state index contributed by atoms with van der Waals surface area (Å²) in [5.74, 6) is 1.49. The molecule has 0 aromatic heterocycles. The molecule has 0 bridgehead atoms. The zero-order valence-corrected chi connectivity index (χ0v) is 17.7. The predicted octanol–water partition coefficient (Wildman–Crippen LogP) is 3.65. The number of aryl methyl sites for hydroxylation is 1. The number of aliphatic hydroxyl groups excluding tert-OH is 1. The van der Waals surface area contributed by atoms with Crippen LogP contribution in [0.15, 0.2) is 42.5 Å². The Morgan fingerprint density at radius 2 is 1.59 bits per heavy atom. The van der Waals surface area contributed by atoms with Crippen LogP contribution in [0.5, 0.6) is 11.5 Å². The van der Waals surface area contributed by atoms with Crippen molar-refractivity contribution in [2.75, 3.05) is 50.8 Å². The summed E-state index contributed by atoms with van der Waals surface area (Å²) in [6, 6.07) is 14.5. The molecule has 1 N–H and O–H groups in total. The summed E-state index contributed by atoms with van der Waals surface area (Å²) in [7, 11) is 0. The third-order valence-electron chi connectivity index (χ3n) is 5.79. The van der Waals surface area contributed by atoms with Crippen LogP contribution in [0.4, 0.5) is 5.69 Å². The van der Waals surface area contributed by atoms with Gasteiger partial charge in [0.15, 0.2) is 11.5 Å². The van der Waals surface area contributed by atoms with E-state index in [1.54, 1.807) is 0 Å². The van der Waals surface area contributed by atoms with Gasteiger partial charge in [-0.05, 0) is 36.8 Å². The van der Waals surface area contributed by atoms with Crippen LogP contribution in [0.2, 0.25) is 0 Å². The van der Waals surface area contributed by atoms with Crippen LogP contribution in [0.25, 0.3) is 0 Å². The molecule has 2 aliphatic heterocycles. The fraction of sp³-hybridized carbons (Fsp3) is 0.500. The van der Waals surface area contributed by atoms with Gasteiger partial charge in [0, 0.05) is 43.8 Å². The van der Waals surface area contributed by atoms with Gasteiger partial charge in [0.25, 0.3) is 0 Å². The molecule has 0 amide bonds. The number of hydrogen-bond donors (Lipinski definition) is 1. The van der Waals surface area contributed by atoms with E-state index in [0.717, 1.165) is 43.2 Å². The molecular weight excluding hydrogens is 364 g/mol. The fourth-order valence-electron chi connectivity index (χ4n) is 3.85. The first-order valence-corrected chi connectivity index (χ1v) is 10.5. The number of hydrogen-bond acceptors (Lipinski definition) is 5. The summed E-state index contributed by atoms with van der Waals surface area (Å²) in [4.78, 5) is 4.75. The third kappa shape index (κ3) is 4.85. The number of aliphatic hydroxyl groups is 1. The van der Waals surface area contributed by atoms with Crippen LogP contribution in [0.3, 0.4) is 0 Å². The lowest BCUT2D eigenvalue weighted by molar-refractivity contribution is 0.109. The topological polar surface area (TPSA) is 45.2 Å². The van der Waals surface area contributed by atoms with Gasteiger partial charge in [-0.2, -0.15) is 0 Å². The Morgan fingerprint density at radius 1 is 0.931 bits per heavy atom. The first kappa shape index (κ1) is 20.0. The van der Waals surface area contributed by atoms with E-state index in [0.29, 0.717) is 19.8 Å². The van der Waals surface area contributed by atoms with E-state index in [2.05, 4.69) is 54.8 Å². The number of rotatable bonds is 4. The number of ether oxygens (including phenoxy) is 2. The number of benzene rings is 2. The van der Waals surface area contributed by atoms with Crippen LogP contribution >= 0.6 is 0 Å². The highest BCUT2D eigenvalue weighted by atomic mass is 16.5.